The normalized spacial score (nSPS) is 12.4. The fourth-order valence-corrected chi connectivity index (χ4v) is 2.43. The number of nitrogens with zero attached hydrogens (tertiary/aromatic N) is 2. The maximum Gasteiger partial charge on any atom is 0.434 e. The summed E-state index contributed by atoms with van der Waals surface area (Å²) in [5.74, 6) is -0.796. The highest BCUT2D eigenvalue weighted by Crippen LogP contribution is 2.33. The standard InChI is InChI=1S/C17H21F3N4O.ClH/c1-4-21-12(3)9-22-16(25)14-10-23-24(15(14)17(18,19)20)13-7-5-11(2)6-8-13;/h5-8,10,12,21H,4,9H2,1-3H3,(H,22,25);1H/t12-;/m1./s1. The van der Waals surface area contributed by atoms with Crippen molar-refractivity contribution in [1.82, 2.24) is 20.4 Å². The van der Waals surface area contributed by atoms with E-state index in [-0.39, 0.29) is 30.7 Å². The molecular weight excluding hydrogens is 369 g/mol. The molecule has 9 heteroatoms. The molecule has 0 spiro atoms. The second-order valence-electron chi connectivity index (χ2n) is 5.82. The van der Waals surface area contributed by atoms with Gasteiger partial charge in [-0.05, 0) is 32.5 Å². The zero-order valence-corrected chi connectivity index (χ0v) is 15.5. The van der Waals surface area contributed by atoms with Crippen LogP contribution in [0.3, 0.4) is 0 Å². The number of alkyl halides is 3. The minimum atomic E-state index is -4.71. The van der Waals surface area contributed by atoms with E-state index in [0.29, 0.717) is 6.54 Å². The second kappa shape index (κ2) is 9.05. The summed E-state index contributed by atoms with van der Waals surface area (Å²) >= 11 is 0. The molecule has 0 bridgehead atoms. The Balaban J connectivity index is 0.00000338. The van der Waals surface area contributed by atoms with Gasteiger partial charge in [-0.2, -0.15) is 18.3 Å². The molecule has 1 atom stereocenters. The predicted octanol–water partition coefficient (Wildman–Crippen LogP) is 3.35. The van der Waals surface area contributed by atoms with Gasteiger partial charge in [0, 0.05) is 12.6 Å². The Morgan fingerprint density at radius 1 is 1.27 bits per heavy atom. The average Bonchev–Trinajstić information content (AvgIpc) is 2.99. The molecule has 0 fully saturated rings. The van der Waals surface area contributed by atoms with E-state index in [1.54, 1.807) is 12.1 Å². The molecule has 0 saturated heterocycles. The molecule has 26 heavy (non-hydrogen) atoms. The number of rotatable bonds is 6. The van der Waals surface area contributed by atoms with E-state index < -0.39 is 23.3 Å². The zero-order valence-electron chi connectivity index (χ0n) is 14.7. The number of hydrogen-bond acceptors (Lipinski definition) is 3. The molecule has 2 aromatic rings. The van der Waals surface area contributed by atoms with Gasteiger partial charge in [0.15, 0.2) is 5.69 Å². The molecule has 1 aromatic carbocycles. The molecule has 1 amide bonds. The molecule has 0 aliphatic heterocycles. The highest BCUT2D eigenvalue weighted by molar-refractivity contribution is 5.95. The van der Waals surface area contributed by atoms with Crippen molar-refractivity contribution in [2.45, 2.75) is 33.0 Å². The third-order valence-corrected chi connectivity index (χ3v) is 3.68. The summed E-state index contributed by atoms with van der Waals surface area (Å²) in [5.41, 5.74) is -0.403. The van der Waals surface area contributed by atoms with Gasteiger partial charge in [-0.25, -0.2) is 4.68 Å². The summed E-state index contributed by atoms with van der Waals surface area (Å²) < 4.78 is 41.4. The van der Waals surface area contributed by atoms with Crippen molar-refractivity contribution in [3.05, 3.63) is 47.3 Å². The van der Waals surface area contributed by atoms with Crippen LogP contribution in [0.1, 0.15) is 35.5 Å². The van der Waals surface area contributed by atoms with E-state index in [1.807, 2.05) is 20.8 Å². The molecule has 2 rings (SSSR count). The van der Waals surface area contributed by atoms with Gasteiger partial charge in [-0.1, -0.05) is 24.6 Å². The van der Waals surface area contributed by atoms with Gasteiger partial charge in [0.2, 0.25) is 0 Å². The zero-order chi connectivity index (χ0) is 18.6. The lowest BCUT2D eigenvalue weighted by atomic mass is 10.2. The Hall–Kier alpha value is -2.06. The van der Waals surface area contributed by atoms with Crippen LogP contribution in [0.25, 0.3) is 5.69 Å². The quantitative estimate of drug-likeness (QED) is 0.795. The summed E-state index contributed by atoms with van der Waals surface area (Å²) in [5, 5.41) is 9.38. The van der Waals surface area contributed by atoms with Gasteiger partial charge in [0.1, 0.15) is 0 Å². The molecule has 5 nitrogen and oxygen atoms in total. The lowest BCUT2D eigenvalue weighted by molar-refractivity contribution is -0.143. The molecule has 2 N–H and O–H groups in total. The molecule has 144 valence electrons. The Morgan fingerprint density at radius 2 is 1.88 bits per heavy atom. The summed E-state index contributed by atoms with van der Waals surface area (Å²) in [7, 11) is 0. The number of nitrogens with one attached hydrogen (secondary N) is 2. The number of carbonyl (C=O) groups excluding carboxylic acids is 1. The van der Waals surface area contributed by atoms with E-state index in [9.17, 15) is 18.0 Å². The van der Waals surface area contributed by atoms with Crippen molar-refractivity contribution in [2.24, 2.45) is 0 Å². The van der Waals surface area contributed by atoms with Crippen LogP contribution in [-0.2, 0) is 6.18 Å². The average molecular weight is 391 g/mol. The van der Waals surface area contributed by atoms with Gasteiger partial charge in [0.25, 0.3) is 5.91 Å². The number of hydrogen-bond donors (Lipinski definition) is 2. The summed E-state index contributed by atoms with van der Waals surface area (Å²) in [6, 6.07) is 6.40. The van der Waals surface area contributed by atoms with Crippen LogP contribution in [0.5, 0.6) is 0 Å². The predicted molar refractivity (Wildman–Crippen MR) is 96.0 cm³/mol. The third kappa shape index (κ3) is 5.22. The first-order chi connectivity index (χ1) is 11.7. The van der Waals surface area contributed by atoms with Crippen LogP contribution in [0.2, 0.25) is 0 Å². The fraction of sp³-hybridized carbons (Fsp3) is 0.412. The van der Waals surface area contributed by atoms with Crippen LogP contribution in [0.15, 0.2) is 30.5 Å². The van der Waals surface area contributed by atoms with E-state index in [4.69, 9.17) is 0 Å². The van der Waals surface area contributed by atoms with E-state index in [0.717, 1.165) is 16.4 Å². The molecule has 0 aliphatic rings. The number of benzene rings is 1. The van der Waals surface area contributed by atoms with Crippen LogP contribution < -0.4 is 10.6 Å². The third-order valence-electron chi connectivity index (χ3n) is 3.68. The van der Waals surface area contributed by atoms with Crippen LogP contribution in [0.4, 0.5) is 13.2 Å². The highest BCUT2D eigenvalue weighted by atomic mass is 35.5. The Morgan fingerprint density at radius 3 is 2.42 bits per heavy atom. The van der Waals surface area contributed by atoms with Crippen molar-refractivity contribution in [3.8, 4) is 5.69 Å². The van der Waals surface area contributed by atoms with E-state index in [1.165, 1.54) is 12.1 Å². The first-order valence-electron chi connectivity index (χ1n) is 7.98. The number of carbonyl (C=O) groups is 1. The van der Waals surface area contributed by atoms with Crippen LogP contribution >= 0.6 is 12.4 Å². The lowest BCUT2D eigenvalue weighted by Crippen LogP contribution is -2.39. The molecular formula is C17H22ClF3N4O. The largest absolute Gasteiger partial charge is 0.434 e. The van der Waals surface area contributed by atoms with Crippen LogP contribution in [0, 0.1) is 6.92 Å². The number of amides is 1. The number of halogens is 4. The second-order valence-corrected chi connectivity index (χ2v) is 5.82. The van der Waals surface area contributed by atoms with Crippen molar-refractivity contribution in [2.75, 3.05) is 13.1 Å². The highest BCUT2D eigenvalue weighted by Gasteiger charge is 2.40. The van der Waals surface area contributed by atoms with Crippen molar-refractivity contribution in [1.29, 1.82) is 0 Å². The van der Waals surface area contributed by atoms with Crippen molar-refractivity contribution in [3.63, 3.8) is 0 Å². The number of likely N-dealkylation sites (N-methyl/N-ethyl adjacent to an activating group) is 1. The monoisotopic (exact) mass is 390 g/mol. The Kier molecular flexibility index (Phi) is 7.65. The molecule has 1 heterocycles. The van der Waals surface area contributed by atoms with Crippen LogP contribution in [-0.4, -0.2) is 34.8 Å². The van der Waals surface area contributed by atoms with E-state index in [2.05, 4.69) is 15.7 Å². The molecule has 0 saturated carbocycles. The summed E-state index contributed by atoms with van der Waals surface area (Å²) in [6.07, 6.45) is -3.75. The fourth-order valence-electron chi connectivity index (χ4n) is 2.43. The molecule has 0 aliphatic carbocycles. The smallest absolute Gasteiger partial charge is 0.350 e. The van der Waals surface area contributed by atoms with Gasteiger partial charge < -0.3 is 10.6 Å². The molecule has 0 unspecified atom stereocenters. The van der Waals surface area contributed by atoms with Gasteiger partial charge in [-0.3, -0.25) is 4.79 Å². The maximum absolute atomic E-state index is 13.5. The first-order valence-corrected chi connectivity index (χ1v) is 7.98. The Bertz CT molecular complexity index is 729. The first kappa shape index (κ1) is 22.0. The molecule has 0 radical (unpaired) electrons. The van der Waals surface area contributed by atoms with Gasteiger partial charge >= 0.3 is 6.18 Å². The lowest BCUT2D eigenvalue weighted by Gasteiger charge is -2.15. The van der Waals surface area contributed by atoms with E-state index >= 15 is 0 Å². The summed E-state index contributed by atoms with van der Waals surface area (Å²) in [4.78, 5) is 12.2. The number of aromatic nitrogens is 2. The Labute approximate surface area is 156 Å². The summed E-state index contributed by atoms with van der Waals surface area (Å²) in [6.45, 7) is 6.51. The maximum atomic E-state index is 13.5. The topological polar surface area (TPSA) is 58.9 Å². The number of aryl methyl sites for hydroxylation is 1. The minimum absolute atomic E-state index is 0. The van der Waals surface area contributed by atoms with Gasteiger partial charge in [-0.15, -0.1) is 12.4 Å². The SMILES string of the molecule is CCN[C@H](C)CNC(=O)c1cnn(-c2ccc(C)cc2)c1C(F)(F)F.Cl. The van der Waals surface area contributed by atoms with Crippen molar-refractivity contribution >= 4 is 18.3 Å². The van der Waals surface area contributed by atoms with Crippen molar-refractivity contribution < 1.29 is 18.0 Å². The van der Waals surface area contributed by atoms with Gasteiger partial charge in [0.05, 0.1) is 17.4 Å². The minimum Gasteiger partial charge on any atom is -0.350 e. The molecule has 1 aromatic heterocycles.